The summed E-state index contributed by atoms with van der Waals surface area (Å²) in [5.41, 5.74) is 6.97. The predicted molar refractivity (Wildman–Crippen MR) is 104 cm³/mol. The Labute approximate surface area is 154 Å². The Morgan fingerprint density at radius 2 is 2.08 bits per heavy atom. The second-order valence-electron chi connectivity index (χ2n) is 7.10. The fourth-order valence-electron chi connectivity index (χ4n) is 3.71. The molecule has 3 N–H and O–H groups in total. The average molecular weight is 350 g/mol. The fraction of sp³-hybridized carbons (Fsp3) is 0.400. The van der Waals surface area contributed by atoms with Crippen molar-refractivity contribution in [2.45, 2.75) is 26.4 Å². The molecular weight excluding hydrogens is 324 g/mol. The molecule has 0 bridgehead atoms. The molecule has 136 valence electrons. The zero-order valence-corrected chi connectivity index (χ0v) is 15.4. The van der Waals surface area contributed by atoms with Crippen LogP contribution in [-0.2, 0) is 6.54 Å². The quantitative estimate of drug-likeness (QED) is 0.781. The van der Waals surface area contributed by atoms with Crippen molar-refractivity contribution in [2.75, 3.05) is 26.2 Å². The molecule has 0 spiro atoms. The first kappa shape index (κ1) is 16.8. The van der Waals surface area contributed by atoms with Gasteiger partial charge in [0.1, 0.15) is 0 Å². The van der Waals surface area contributed by atoms with Crippen molar-refractivity contribution in [2.24, 2.45) is 0 Å². The fourth-order valence-corrected chi connectivity index (χ4v) is 3.71. The summed E-state index contributed by atoms with van der Waals surface area (Å²) in [6, 6.07) is 6.77. The smallest absolute Gasteiger partial charge is 0.0890 e. The zero-order chi connectivity index (χ0) is 17.9. The molecule has 1 aromatic heterocycles. The van der Waals surface area contributed by atoms with Crippen LogP contribution >= 0.6 is 0 Å². The molecule has 1 fully saturated rings. The minimum Gasteiger partial charge on any atom is -0.385 e. The normalized spacial score (nSPS) is 20.8. The summed E-state index contributed by atoms with van der Waals surface area (Å²) in [7, 11) is 0. The van der Waals surface area contributed by atoms with Crippen LogP contribution in [0, 0.1) is 0 Å². The first-order valence-corrected chi connectivity index (χ1v) is 9.26. The molecule has 2 aromatic rings. The lowest BCUT2D eigenvalue weighted by atomic mass is 10.1. The van der Waals surface area contributed by atoms with Crippen molar-refractivity contribution in [1.82, 2.24) is 30.8 Å². The van der Waals surface area contributed by atoms with Crippen molar-refractivity contribution < 1.29 is 0 Å². The van der Waals surface area contributed by atoms with Crippen molar-refractivity contribution in [1.29, 1.82) is 0 Å². The third-order valence-electron chi connectivity index (χ3n) is 4.97. The number of nitrogens with zero attached hydrogens (tertiary/aromatic N) is 3. The molecule has 0 aliphatic carbocycles. The molecule has 1 unspecified atom stereocenters. The number of hydrogen-bond donors (Lipinski definition) is 3. The molecule has 2 aliphatic rings. The van der Waals surface area contributed by atoms with E-state index in [9.17, 15) is 0 Å². The summed E-state index contributed by atoms with van der Waals surface area (Å²) < 4.78 is 0. The van der Waals surface area contributed by atoms with Gasteiger partial charge in [-0.2, -0.15) is 0 Å². The van der Waals surface area contributed by atoms with E-state index in [0.717, 1.165) is 43.8 Å². The number of rotatable bonds is 4. The van der Waals surface area contributed by atoms with Gasteiger partial charge in [0.05, 0.1) is 22.4 Å². The van der Waals surface area contributed by atoms with E-state index in [2.05, 4.69) is 63.0 Å². The topological polar surface area (TPSA) is 65.1 Å². The van der Waals surface area contributed by atoms with Crippen molar-refractivity contribution in [3.8, 4) is 0 Å². The largest absolute Gasteiger partial charge is 0.385 e. The number of hydrogen-bond acceptors (Lipinski definition) is 6. The molecule has 4 rings (SSSR count). The van der Waals surface area contributed by atoms with Gasteiger partial charge in [-0.25, -0.2) is 0 Å². The lowest BCUT2D eigenvalue weighted by Gasteiger charge is -2.38. The lowest BCUT2D eigenvalue weighted by Crippen LogP contribution is -2.50. The highest BCUT2D eigenvalue weighted by atomic mass is 15.2. The van der Waals surface area contributed by atoms with Crippen LogP contribution in [0.3, 0.4) is 0 Å². The molecule has 26 heavy (non-hydrogen) atoms. The van der Waals surface area contributed by atoms with Gasteiger partial charge in [-0.15, -0.1) is 0 Å². The molecule has 6 heteroatoms. The van der Waals surface area contributed by atoms with Gasteiger partial charge >= 0.3 is 0 Å². The number of piperazine rings is 1. The van der Waals surface area contributed by atoms with E-state index < -0.39 is 0 Å². The number of nitrogens with one attached hydrogen (secondary N) is 3. The van der Waals surface area contributed by atoms with E-state index in [1.807, 2.05) is 6.07 Å². The van der Waals surface area contributed by atoms with Crippen LogP contribution in [0.4, 0.5) is 0 Å². The van der Waals surface area contributed by atoms with Crippen molar-refractivity contribution in [3.63, 3.8) is 0 Å². The van der Waals surface area contributed by atoms with Gasteiger partial charge in [0.25, 0.3) is 0 Å². The van der Waals surface area contributed by atoms with Gasteiger partial charge in [-0.3, -0.25) is 9.97 Å². The van der Waals surface area contributed by atoms with Crippen LogP contribution in [0.25, 0.3) is 11.0 Å². The summed E-state index contributed by atoms with van der Waals surface area (Å²) in [5, 5.41) is 10.5. The Kier molecular flexibility index (Phi) is 4.75. The summed E-state index contributed by atoms with van der Waals surface area (Å²) in [4.78, 5) is 11.2. The molecule has 1 aromatic carbocycles. The second kappa shape index (κ2) is 7.33. The monoisotopic (exact) mass is 350 g/mol. The molecule has 2 aliphatic heterocycles. The number of fused-ring (bicyclic) bond motifs is 1. The second-order valence-corrected chi connectivity index (χ2v) is 7.10. The van der Waals surface area contributed by atoms with Crippen LogP contribution in [0.5, 0.6) is 0 Å². The van der Waals surface area contributed by atoms with Crippen molar-refractivity contribution in [3.05, 3.63) is 59.3 Å². The third-order valence-corrected chi connectivity index (χ3v) is 4.97. The maximum Gasteiger partial charge on any atom is 0.0890 e. The molecule has 0 saturated carbocycles. The Bertz CT molecular complexity index is 856. The van der Waals surface area contributed by atoms with E-state index >= 15 is 0 Å². The Morgan fingerprint density at radius 1 is 1.23 bits per heavy atom. The van der Waals surface area contributed by atoms with E-state index in [-0.39, 0.29) is 0 Å². The van der Waals surface area contributed by atoms with Crippen LogP contribution < -0.4 is 16.0 Å². The maximum absolute atomic E-state index is 4.40. The Balaban J connectivity index is 1.51. The van der Waals surface area contributed by atoms with Gasteiger partial charge in [0.2, 0.25) is 0 Å². The number of benzene rings is 1. The highest BCUT2D eigenvalue weighted by molar-refractivity contribution is 5.74. The molecular formula is C20H26N6. The summed E-state index contributed by atoms with van der Waals surface area (Å²) in [6.07, 6.45) is 5.58. The molecule has 3 heterocycles. The SMILES string of the molecule is CC1=C(N2CCNC(C)C2)C(NCc2ccc3nccnc3c2)=CNC1. The van der Waals surface area contributed by atoms with E-state index in [0.29, 0.717) is 6.04 Å². The Hall–Kier alpha value is -2.60. The van der Waals surface area contributed by atoms with Crippen LogP contribution in [0.15, 0.2) is 53.8 Å². The number of dihydropyridines is 1. The van der Waals surface area contributed by atoms with Gasteiger partial charge in [0.15, 0.2) is 0 Å². The van der Waals surface area contributed by atoms with Gasteiger partial charge in [-0.1, -0.05) is 6.07 Å². The molecule has 0 amide bonds. The van der Waals surface area contributed by atoms with Crippen LogP contribution in [0.1, 0.15) is 19.4 Å². The van der Waals surface area contributed by atoms with E-state index in [1.54, 1.807) is 12.4 Å². The van der Waals surface area contributed by atoms with Crippen LogP contribution in [0.2, 0.25) is 0 Å². The Morgan fingerprint density at radius 3 is 2.92 bits per heavy atom. The summed E-state index contributed by atoms with van der Waals surface area (Å²) in [5.74, 6) is 0. The average Bonchev–Trinajstić information content (AvgIpc) is 2.66. The first-order valence-electron chi connectivity index (χ1n) is 9.26. The predicted octanol–water partition coefficient (Wildman–Crippen LogP) is 1.73. The van der Waals surface area contributed by atoms with Crippen molar-refractivity contribution >= 4 is 11.0 Å². The summed E-state index contributed by atoms with van der Waals surface area (Å²) in [6.45, 7) is 9.25. The molecule has 6 nitrogen and oxygen atoms in total. The molecule has 1 atom stereocenters. The zero-order valence-electron chi connectivity index (χ0n) is 15.4. The minimum atomic E-state index is 0.513. The lowest BCUT2D eigenvalue weighted by molar-refractivity contribution is 0.254. The highest BCUT2D eigenvalue weighted by Crippen LogP contribution is 2.22. The van der Waals surface area contributed by atoms with Crippen LogP contribution in [-0.4, -0.2) is 47.1 Å². The highest BCUT2D eigenvalue weighted by Gasteiger charge is 2.23. The minimum absolute atomic E-state index is 0.513. The van der Waals surface area contributed by atoms with Gasteiger partial charge < -0.3 is 20.9 Å². The number of aromatic nitrogens is 2. The molecule has 1 saturated heterocycles. The van der Waals surface area contributed by atoms with E-state index in [1.165, 1.54) is 22.5 Å². The first-order chi connectivity index (χ1) is 12.7. The van der Waals surface area contributed by atoms with Gasteiger partial charge in [0, 0.05) is 57.4 Å². The molecule has 0 radical (unpaired) electrons. The summed E-state index contributed by atoms with van der Waals surface area (Å²) >= 11 is 0. The maximum atomic E-state index is 4.40. The van der Waals surface area contributed by atoms with Gasteiger partial charge in [-0.05, 0) is 37.1 Å². The third kappa shape index (κ3) is 3.51. The standard InChI is InChI=1S/C20H26N6/c1-14-10-21-12-19(20(14)26-8-7-22-15(2)13-26)25-11-16-3-4-17-18(9-16)24-6-5-23-17/h3-6,9,12,15,21-22,25H,7-8,10-11,13H2,1-2H3. The van der Waals surface area contributed by atoms with E-state index in [4.69, 9.17) is 0 Å².